The minimum Gasteiger partial charge on any atom is -0.502 e. The van der Waals surface area contributed by atoms with E-state index < -0.39 is 17.5 Å². The van der Waals surface area contributed by atoms with Crippen LogP contribution >= 0.6 is 0 Å². The Hall–Kier alpha value is -2.96. The molecule has 2 aromatic rings. The quantitative estimate of drug-likeness (QED) is 0.501. The van der Waals surface area contributed by atoms with Gasteiger partial charge in [0, 0.05) is 11.8 Å². The second-order valence-electron chi connectivity index (χ2n) is 4.63. The van der Waals surface area contributed by atoms with E-state index >= 15 is 0 Å². The highest BCUT2D eigenvalue weighted by molar-refractivity contribution is 6.08. The first-order valence-corrected chi connectivity index (χ1v) is 6.33. The van der Waals surface area contributed by atoms with E-state index in [1.54, 1.807) is 19.1 Å². The molecular formula is C15H13FN2O4. The second kappa shape index (κ2) is 6.21. The molecule has 6 nitrogen and oxygen atoms in total. The van der Waals surface area contributed by atoms with Gasteiger partial charge in [-0.2, -0.15) is 5.10 Å². The van der Waals surface area contributed by atoms with Crippen molar-refractivity contribution < 1.29 is 24.2 Å². The molecule has 0 atom stereocenters. The topological polar surface area (TPSA) is 92.4 Å². The Labute approximate surface area is 125 Å². The average molecular weight is 304 g/mol. The Morgan fingerprint density at radius 3 is 2.50 bits per heavy atom. The average Bonchev–Trinajstić information content (AvgIpc) is 2.82. The maximum atomic E-state index is 12.9. The van der Waals surface area contributed by atoms with Crippen LogP contribution in [0.5, 0.6) is 0 Å². The van der Waals surface area contributed by atoms with Gasteiger partial charge in [0.2, 0.25) is 5.76 Å². The van der Waals surface area contributed by atoms with Gasteiger partial charge >= 0.3 is 5.97 Å². The van der Waals surface area contributed by atoms with E-state index in [4.69, 9.17) is 10.2 Å². The van der Waals surface area contributed by atoms with E-state index in [1.165, 1.54) is 23.0 Å². The van der Waals surface area contributed by atoms with Crippen molar-refractivity contribution in [2.45, 2.75) is 13.5 Å². The molecule has 2 N–H and O–H groups in total. The molecule has 0 radical (unpaired) electrons. The fraction of sp³-hybridized carbons (Fsp3) is 0.133. The molecular weight excluding hydrogens is 291 g/mol. The van der Waals surface area contributed by atoms with Gasteiger partial charge in [-0.3, -0.25) is 9.48 Å². The number of aliphatic hydroxyl groups is 1. The molecule has 22 heavy (non-hydrogen) atoms. The van der Waals surface area contributed by atoms with Crippen molar-refractivity contribution in [3.05, 3.63) is 64.9 Å². The number of carbonyl (C=O) groups excluding carboxylic acids is 1. The molecule has 7 heteroatoms. The van der Waals surface area contributed by atoms with Crippen LogP contribution in [0.4, 0.5) is 4.39 Å². The van der Waals surface area contributed by atoms with E-state index in [2.05, 4.69) is 5.10 Å². The number of halogens is 1. The number of aromatic nitrogens is 2. The lowest BCUT2D eigenvalue weighted by molar-refractivity contribution is -0.135. The third-order valence-corrected chi connectivity index (χ3v) is 3.10. The number of carboxylic acids is 1. The van der Waals surface area contributed by atoms with Crippen molar-refractivity contribution in [3.63, 3.8) is 0 Å². The molecule has 0 amide bonds. The highest BCUT2D eigenvalue weighted by Gasteiger charge is 2.15. The van der Waals surface area contributed by atoms with Crippen LogP contribution in [0.15, 0.2) is 42.3 Å². The third kappa shape index (κ3) is 3.38. The summed E-state index contributed by atoms with van der Waals surface area (Å²) in [6.45, 7) is 1.99. The van der Waals surface area contributed by atoms with Crippen molar-refractivity contribution in [1.82, 2.24) is 9.78 Å². The Kier molecular flexibility index (Phi) is 4.36. The summed E-state index contributed by atoms with van der Waals surface area (Å²) < 4.78 is 14.4. The molecule has 0 saturated carbocycles. The number of hydrogen-bond donors (Lipinski definition) is 2. The number of benzene rings is 1. The van der Waals surface area contributed by atoms with Gasteiger partial charge in [0.25, 0.3) is 0 Å². The molecule has 0 aliphatic rings. The fourth-order valence-electron chi connectivity index (χ4n) is 1.87. The van der Waals surface area contributed by atoms with Crippen LogP contribution in [0.3, 0.4) is 0 Å². The van der Waals surface area contributed by atoms with Crippen molar-refractivity contribution in [3.8, 4) is 0 Å². The highest BCUT2D eigenvalue weighted by atomic mass is 19.1. The lowest BCUT2D eigenvalue weighted by Crippen LogP contribution is -2.07. The van der Waals surface area contributed by atoms with Gasteiger partial charge < -0.3 is 10.2 Å². The summed E-state index contributed by atoms with van der Waals surface area (Å²) in [4.78, 5) is 22.4. The molecule has 0 fully saturated rings. The monoisotopic (exact) mass is 304 g/mol. The summed E-state index contributed by atoms with van der Waals surface area (Å²) in [5, 5.41) is 21.7. The maximum absolute atomic E-state index is 12.9. The Bertz CT molecular complexity index is 747. The smallest absolute Gasteiger partial charge is 0.371 e. The van der Waals surface area contributed by atoms with Crippen molar-refractivity contribution >= 4 is 11.8 Å². The van der Waals surface area contributed by atoms with E-state index in [9.17, 15) is 14.0 Å². The molecule has 2 rings (SSSR count). The predicted octanol–water partition coefficient (Wildman–Crippen LogP) is 2.09. The van der Waals surface area contributed by atoms with Crippen LogP contribution in [0.2, 0.25) is 0 Å². The number of carboxylic acid groups (broad SMARTS) is 1. The zero-order valence-electron chi connectivity index (χ0n) is 11.7. The van der Waals surface area contributed by atoms with Crippen LogP contribution in [0.25, 0.3) is 0 Å². The van der Waals surface area contributed by atoms with Crippen LogP contribution in [0.1, 0.15) is 21.6 Å². The summed E-state index contributed by atoms with van der Waals surface area (Å²) in [5.41, 5.74) is 1.51. The first kappa shape index (κ1) is 15.4. The standard InChI is InChI=1S/C15H13FN2O4/c1-9-12(13(19)6-14(20)15(21)22)7-17-18(9)8-10-2-4-11(16)5-3-10/h2-7,20H,8H2,1H3,(H,21,22)/b14-6-. The number of aliphatic carboxylic acids is 1. The molecule has 1 aromatic heterocycles. The van der Waals surface area contributed by atoms with Gasteiger partial charge in [-0.05, 0) is 24.6 Å². The fourth-order valence-corrected chi connectivity index (χ4v) is 1.87. The van der Waals surface area contributed by atoms with Gasteiger partial charge in [-0.25, -0.2) is 9.18 Å². The molecule has 0 saturated heterocycles. The Morgan fingerprint density at radius 2 is 1.91 bits per heavy atom. The van der Waals surface area contributed by atoms with Gasteiger partial charge in [0.1, 0.15) is 5.82 Å². The highest BCUT2D eigenvalue weighted by Crippen LogP contribution is 2.12. The Balaban J connectivity index is 2.22. The molecule has 0 bridgehead atoms. The summed E-state index contributed by atoms with van der Waals surface area (Å²) in [5.74, 6) is -3.60. The second-order valence-corrected chi connectivity index (χ2v) is 4.63. The largest absolute Gasteiger partial charge is 0.502 e. The zero-order valence-corrected chi connectivity index (χ0v) is 11.7. The van der Waals surface area contributed by atoms with E-state index in [0.717, 1.165) is 5.56 Å². The predicted molar refractivity (Wildman–Crippen MR) is 75.1 cm³/mol. The van der Waals surface area contributed by atoms with E-state index in [0.29, 0.717) is 18.3 Å². The molecule has 0 unspecified atom stereocenters. The molecule has 0 aliphatic carbocycles. The number of allylic oxidation sites excluding steroid dienone is 1. The minimum atomic E-state index is -1.58. The van der Waals surface area contributed by atoms with E-state index in [1.807, 2.05) is 0 Å². The number of rotatable bonds is 5. The molecule has 114 valence electrons. The summed E-state index contributed by atoms with van der Waals surface area (Å²) in [6, 6.07) is 5.87. The zero-order chi connectivity index (χ0) is 16.3. The Morgan fingerprint density at radius 1 is 1.27 bits per heavy atom. The number of ketones is 1. The van der Waals surface area contributed by atoms with Gasteiger partial charge in [0.15, 0.2) is 5.78 Å². The maximum Gasteiger partial charge on any atom is 0.371 e. The van der Waals surface area contributed by atoms with Crippen LogP contribution in [-0.4, -0.2) is 31.7 Å². The number of nitrogens with zero attached hydrogens (tertiary/aromatic N) is 2. The summed E-state index contributed by atoms with van der Waals surface area (Å²) in [6.07, 6.45) is 1.93. The minimum absolute atomic E-state index is 0.190. The van der Waals surface area contributed by atoms with Crippen molar-refractivity contribution in [1.29, 1.82) is 0 Å². The van der Waals surface area contributed by atoms with Gasteiger partial charge in [0.05, 0.1) is 18.3 Å². The van der Waals surface area contributed by atoms with Crippen molar-refractivity contribution in [2.75, 3.05) is 0 Å². The lowest BCUT2D eigenvalue weighted by Gasteiger charge is -2.05. The van der Waals surface area contributed by atoms with Crippen LogP contribution in [-0.2, 0) is 11.3 Å². The third-order valence-electron chi connectivity index (χ3n) is 3.10. The first-order chi connectivity index (χ1) is 10.4. The van der Waals surface area contributed by atoms with Crippen LogP contribution < -0.4 is 0 Å². The molecule has 0 spiro atoms. The molecule has 0 aliphatic heterocycles. The number of hydrogen-bond acceptors (Lipinski definition) is 4. The van der Waals surface area contributed by atoms with E-state index in [-0.39, 0.29) is 11.4 Å². The normalized spacial score (nSPS) is 11.5. The summed E-state index contributed by atoms with van der Waals surface area (Å²) >= 11 is 0. The summed E-state index contributed by atoms with van der Waals surface area (Å²) in [7, 11) is 0. The van der Waals surface area contributed by atoms with Gasteiger partial charge in [-0.1, -0.05) is 12.1 Å². The first-order valence-electron chi connectivity index (χ1n) is 6.33. The van der Waals surface area contributed by atoms with Crippen LogP contribution in [0, 0.1) is 12.7 Å². The SMILES string of the molecule is Cc1c(C(=O)/C=C(\O)C(=O)O)cnn1Cc1ccc(F)cc1. The lowest BCUT2D eigenvalue weighted by atomic mass is 10.1. The molecule has 1 aromatic carbocycles. The number of carbonyl (C=O) groups is 2. The van der Waals surface area contributed by atoms with Gasteiger partial charge in [-0.15, -0.1) is 0 Å². The molecule has 1 heterocycles. The van der Waals surface area contributed by atoms with Crippen molar-refractivity contribution in [2.24, 2.45) is 0 Å². The number of aliphatic hydroxyl groups excluding tert-OH is 1.